The normalized spacial score (nSPS) is 17.4. The molecule has 1 aromatic rings. The van der Waals surface area contributed by atoms with Crippen molar-refractivity contribution in [1.82, 2.24) is 10.3 Å². The van der Waals surface area contributed by atoms with Gasteiger partial charge in [0.05, 0.1) is 17.2 Å². The first-order valence-electron chi connectivity index (χ1n) is 7.66. The van der Waals surface area contributed by atoms with Crippen LogP contribution in [0.5, 0.6) is 0 Å². The summed E-state index contributed by atoms with van der Waals surface area (Å²) in [6.45, 7) is 4.90. The van der Waals surface area contributed by atoms with Crippen molar-refractivity contribution in [3.8, 4) is 0 Å². The van der Waals surface area contributed by atoms with Gasteiger partial charge in [-0.2, -0.15) is 0 Å². The highest BCUT2D eigenvalue weighted by molar-refractivity contribution is 14.0. The lowest BCUT2D eigenvalue weighted by molar-refractivity contribution is 0.530. The van der Waals surface area contributed by atoms with Crippen LogP contribution in [-0.2, 0) is 6.54 Å². The number of halogens is 1. The number of aliphatic imine (C=N–C) groups is 1. The van der Waals surface area contributed by atoms with Gasteiger partial charge in [0, 0.05) is 17.3 Å². The van der Waals surface area contributed by atoms with Gasteiger partial charge in [-0.3, -0.25) is 0 Å². The lowest BCUT2D eigenvalue weighted by Gasteiger charge is -2.16. The quantitative estimate of drug-likeness (QED) is 0.334. The first-order chi connectivity index (χ1) is 9.65. The van der Waals surface area contributed by atoms with Gasteiger partial charge >= 0.3 is 0 Å². The molecule has 4 nitrogen and oxygen atoms in total. The van der Waals surface area contributed by atoms with E-state index in [2.05, 4.69) is 34.5 Å². The summed E-state index contributed by atoms with van der Waals surface area (Å²) in [5, 5.41) is 6.61. The molecule has 3 N–H and O–H groups in total. The molecule has 1 heterocycles. The van der Waals surface area contributed by atoms with Crippen LogP contribution in [0.15, 0.2) is 10.4 Å². The van der Waals surface area contributed by atoms with Gasteiger partial charge in [0.15, 0.2) is 5.96 Å². The SMILES string of the molecule is CC(C)c1nc(CN=C(N)NC2CCCCCC2)cs1.I. The summed E-state index contributed by atoms with van der Waals surface area (Å²) >= 11 is 1.71. The maximum absolute atomic E-state index is 5.98. The molecule has 1 aliphatic rings. The lowest BCUT2D eigenvalue weighted by Crippen LogP contribution is -2.39. The van der Waals surface area contributed by atoms with E-state index in [0.29, 0.717) is 24.5 Å². The largest absolute Gasteiger partial charge is 0.370 e. The van der Waals surface area contributed by atoms with Crippen molar-refractivity contribution in [3.05, 3.63) is 16.1 Å². The van der Waals surface area contributed by atoms with Crippen LogP contribution in [0, 0.1) is 0 Å². The molecule has 0 saturated heterocycles. The molecule has 0 unspecified atom stereocenters. The van der Waals surface area contributed by atoms with E-state index in [1.54, 1.807) is 11.3 Å². The van der Waals surface area contributed by atoms with Crippen LogP contribution in [0.1, 0.15) is 69.0 Å². The molecule has 2 rings (SSSR count). The molecular weight excluding hydrogens is 395 g/mol. The molecule has 0 radical (unpaired) electrons. The second-order valence-electron chi connectivity index (χ2n) is 5.87. The average molecular weight is 422 g/mol. The number of nitrogens with one attached hydrogen (secondary N) is 1. The Morgan fingerprint density at radius 1 is 1.38 bits per heavy atom. The van der Waals surface area contributed by atoms with Crippen molar-refractivity contribution < 1.29 is 0 Å². The molecule has 1 aromatic heterocycles. The Hall–Kier alpha value is -0.370. The van der Waals surface area contributed by atoms with Crippen molar-refractivity contribution in [2.45, 2.75) is 70.9 Å². The Labute approximate surface area is 149 Å². The van der Waals surface area contributed by atoms with Crippen LogP contribution < -0.4 is 11.1 Å². The topological polar surface area (TPSA) is 63.3 Å². The number of hydrogen-bond acceptors (Lipinski definition) is 3. The van der Waals surface area contributed by atoms with E-state index in [4.69, 9.17) is 5.73 Å². The number of rotatable bonds is 4. The number of nitrogens with two attached hydrogens (primary N) is 1. The number of thiazole rings is 1. The van der Waals surface area contributed by atoms with Crippen LogP contribution >= 0.6 is 35.3 Å². The van der Waals surface area contributed by atoms with Gasteiger partial charge in [0.25, 0.3) is 0 Å². The second kappa shape index (κ2) is 9.61. The third-order valence-corrected chi connectivity index (χ3v) is 4.88. The van der Waals surface area contributed by atoms with Crippen molar-refractivity contribution >= 4 is 41.3 Å². The molecule has 0 amide bonds. The molecule has 0 atom stereocenters. The summed E-state index contributed by atoms with van der Waals surface area (Å²) in [6.07, 6.45) is 7.73. The van der Waals surface area contributed by atoms with Crippen LogP contribution in [0.2, 0.25) is 0 Å². The van der Waals surface area contributed by atoms with Gasteiger partial charge in [-0.25, -0.2) is 9.98 Å². The van der Waals surface area contributed by atoms with E-state index < -0.39 is 0 Å². The van der Waals surface area contributed by atoms with Gasteiger partial charge in [-0.05, 0) is 12.8 Å². The predicted octanol–water partition coefficient (Wildman–Crippen LogP) is 4.01. The highest BCUT2D eigenvalue weighted by Crippen LogP contribution is 2.19. The Kier molecular flexibility index (Phi) is 8.55. The monoisotopic (exact) mass is 422 g/mol. The van der Waals surface area contributed by atoms with E-state index in [1.807, 2.05) is 0 Å². The van der Waals surface area contributed by atoms with Gasteiger partial charge in [0.2, 0.25) is 0 Å². The van der Waals surface area contributed by atoms with Crippen LogP contribution in [0.4, 0.5) is 0 Å². The molecule has 120 valence electrons. The predicted molar refractivity (Wildman–Crippen MR) is 102 cm³/mol. The van der Waals surface area contributed by atoms with E-state index in [9.17, 15) is 0 Å². The first kappa shape index (κ1) is 18.7. The van der Waals surface area contributed by atoms with E-state index >= 15 is 0 Å². The Morgan fingerprint density at radius 3 is 2.62 bits per heavy atom. The first-order valence-corrected chi connectivity index (χ1v) is 8.54. The zero-order chi connectivity index (χ0) is 14.4. The van der Waals surface area contributed by atoms with Crippen molar-refractivity contribution in [1.29, 1.82) is 0 Å². The third-order valence-electron chi connectivity index (χ3n) is 3.68. The lowest BCUT2D eigenvalue weighted by atomic mass is 10.1. The van der Waals surface area contributed by atoms with Crippen molar-refractivity contribution in [2.24, 2.45) is 10.7 Å². The zero-order valence-electron chi connectivity index (χ0n) is 13.0. The van der Waals surface area contributed by atoms with Crippen LogP contribution in [0.25, 0.3) is 0 Å². The summed E-state index contributed by atoms with van der Waals surface area (Å²) in [5.74, 6) is 1.05. The van der Waals surface area contributed by atoms with Crippen LogP contribution in [0.3, 0.4) is 0 Å². The molecule has 1 fully saturated rings. The molecular formula is C15H27IN4S. The van der Waals surface area contributed by atoms with Gasteiger partial charge in [-0.15, -0.1) is 35.3 Å². The van der Waals surface area contributed by atoms with E-state index in [0.717, 1.165) is 5.69 Å². The second-order valence-corrected chi connectivity index (χ2v) is 6.76. The maximum Gasteiger partial charge on any atom is 0.189 e. The van der Waals surface area contributed by atoms with Crippen molar-refractivity contribution in [2.75, 3.05) is 0 Å². The highest BCUT2D eigenvalue weighted by atomic mass is 127. The fourth-order valence-corrected chi connectivity index (χ4v) is 3.33. The summed E-state index contributed by atoms with van der Waals surface area (Å²) in [4.78, 5) is 8.99. The fourth-order valence-electron chi connectivity index (χ4n) is 2.51. The average Bonchev–Trinajstić information content (AvgIpc) is 2.75. The van der Waals surface area contributed by atoms with Gasteiger partial charge in [0.1, 0.15) is 0 Å². The highest BCUT2D eigenvalue weighted by Gasteiger charge is 2.12. The Bertz CT molecular complexity index is 437. The standard InChI is InChI=1S/C15H26N4S.HI/c1-11(2)14-18-13(10-20-14)9-17-15(16)19-12-7-5-3-4-6-8-12;/h10-12H,3-9H2,1-2H3,(H3,16,17,19);1H. The van der Waals surface area contributed by atoms with Gasteiger partial charge < -0.3 is 11.1 Å². The maximum atomic E-state index is 5.98. The van der Waals surface area contributed by atoms with Crippen LogP contribution in [-0.4, -0.2) is 17.0 Å². The number of nitrogens with zero attached hydrogens (tertiary/aromatic N) is 2. The van der Waals surface area contributed by atoms with E-state index in [-0.39, 0.29) is 24.0 Å². The molecule has 0 spiro atoms. The minimum Gasteiger partial charge on any atom is -0.370 e. The number of aromatic nitrogens is 1. The molecule has 0 aromatic carbocycles. The summed E-state index contributed by atoms with van der Waals surface area (Å²) < 4.78 is 0. The number of hydrogen-bond donors (Lipinski definition) is 2. The molecule has 0 bridgehead atoms. The smallest absolute Gasteiger partial charge is 0.189 e. The Balaban J connectivity index is 0.00000220. The Morgan fingerprint density at radius 2 is 2.05 bits per heavy atom. The van der Waals surface area contributed by atoms with Crippen molar-refractivity contribution in [3.63, 3.8) is 0 Å². The summed E-state index contributed by atoms with van der Waals surface area (Å²) in [5.41, 5.74) is 7.00. The molecule has 1 aliphatic carbocycles. The number of guanidine groups is 1. The molecule has 0 aliphatic heterocycles. The minimum atomic E-state index is 0. The summed E-state index contributed by atoms with van der Waals surface area (Å²) in [6, 6.07) is 0.503. The zero-order valence-corrected chi connectivity index (χ0v) is 16.1. The molecule has 1 saturated carbocycles. The fraction of sp³-hybridized carbons (Fsp3) is 0.733. The molecule has 6 heteroatoms. The molecule has 21 heavy (non-hydrogen) atoms. The third kappa shape index (κ3) is 6.50. The minimum absolute atomic E-state index is 0. The van der Waals surface area contributed by atoms with Gasteiger partial charge in [-0.1, -0.05) is 39.5 Å². The van der Waals surface area contributed by atoms with E-state index in [1.165, 1.54) is 43.5 Å². The summed E-state index contributed by atoms with van der Waals surface area (Å²) in [7, 11) is 0.